The fraction of sp³-hybridized carbons (Fsp3) is 0.438. The molecule has 0 fully saturated rings. The van der Waals surface area contributed by atoms with Crippen LogP contribution in [-0.2, 0) is 17.6 Å². The summed E-state index contributed by atoms with van der Waals surface area (Å²) >= 11 is 1.79. The van der Waals surface area contributed by atoms with Crippen LogP contribution in [0.2, 0.25) is 0 Å². The molecule has 0 saturated carbocycles. The summed E-state index contributed by atoms with van der Waals surface area (Å²) in [7, 11) is 0. The first-order valence-corrected chi connectivity index (χ1v) is 7.88. The van der Waals surface area contributed by atoms with Crippen molar-refractivity contribution in [3.05, 3.63) is 34.7 Å². The molecule has 0 atom stereocenters. The number of hydrogen-bond acceptors (Lipinski definition) is 2. The number of fused-ring (bicyclic) bond motifs is 1. The average Bonchev–Trinajstić information content (AvgIpc) is 2.82. The second-order valence-electron chi connectivity index (χ2n) is 4.79. The van der Waals surface area contributed by atoms with Gasteiger partial charge in [0.1, 0.15) is 0 Å². The van der Waals surface area contributed by atoms with Crippen LogP contribution in [0.4, 0.5) is 0 Å². The minimum absolute atomic E-state index is 0.131. The third-order valence-corrected chi connectivity index (χ3v) is 4.31. The number of nitrogens with one attached hydrogen (secondary N) is 1. The first-order valence-electron chi connectivity index (χ1n) is 7.00. The Morgan fingerprint density at radius 1 is 1.26 bits per heavy atom. The zero-order valence-corrected chi connectivity index (χ0v) is 12.5. The first-order chi connectivity index (χ1) is 9.24. The normalized spacial score (nSPS) is 10.8. The van der Waals surface area contributed by atoms with Gasteiger partial charge in [0, 0.05) is 17.7 Å². The van der Waals surface area contributed by atoms with Gasteiger partial charge in [-0.3, -0.25) is 4.79 Å². The van der Waals surface area contributed by atoms with E-state index in [1.807, 2.05) is 6.92 Å². The average molecular weight is 275 g/mol. The quantitative estimate of drug-likeness (QED) is 0.850. The summed E-state index contributed by atoms with van der Waals surface area (Å²) in [4.78, 5) is 11.2. The molecule has 0 unspecified atom stereocenters. The van der Waals surface area contributed by atoms with Gasteiger partial charge < -0.3 is 5.32 Å². The van der Waals surface area contributed by atoms with E-state index in [0.29, 0.717) is 6.42 Å². The molecule has 0 radical (unpaired) electrons. The summed E-state index contributed by atoms with van der Waals surface area (Å²) in [6.07, 6.45) is 3.79. The van der Waals surface area contributed by atoms with Crippen LogP contribution in [0.25, 0.3) is 10.1 Å². The van der Waals surface area contributed by atoms with Gasteiger partial charge in [0.2, 0.25) is 5.91 Å². The van der Waals surface area contributed by atoms with Crippen molar-refractivity contribution in [2.45, 2.75) is 39.5 Å². The molecule has 1 N–H and O–H groups in total. The van der Waals surface area contributed by atoms with Crippen molar-refractivity contribution in [2.75, 3.05) is 6.54 Å². The lowest BCUT2D eigenvalue weighted by atomic mass is 10.0. The zero-order valence-electron chi connectivity index (χ0n) is 11.7. The molecule has 1 aromatic heterocycles. The van der Waals surface area contributed by atoms with Crippen LogP contribution in [0.5, 0.6) is 0 Å². The molecule has 0 aliphatic carbocycles. The molecule has 2 rings (SSSR count). The van der Waals surface area contributed by atoms with Crippen LogP contribution in [0.15, 0.2) is 23.6 Å². The maximum atomic E-state index is 11.2. The Morgan fingerprint density at radius 2 is 2.11 bits per heavy atom. The topological polar surface area (TPSA) is 29.1 Å². The number of aryl methyl sites for hydroxylation is 1. The second kappa shape index (κ2) is 6.71. The highest BCUT2D eigenvalue weighted by atomic mass is 32.1. The molecule has 0 saturated heterocycles. The Labute approximate surface area is 118 Å². The Bertz CT molecular complexity index is 559. The highest BCUT2D eigenvalue weighted by Crippen LogP contribution is 2.27. The predicted octanol–water partition coefficient (Wildman–Crippen LogP) is 3.92. The highest BCUT2D eigenvalue weighted by molar-refractivity contribution is 7.17. The molecule has 0 bridgehead atoms. The van der Waals surface area contributed by atoms with Gasteiger partial charge in [0.15, 0.2) is 0 Å². The van der Waals surface area contributed by atoms with E-state index >= 15 is 0 Å². The standard InChI is InChI=1S/C16H21NOS/c1-3-5-12-6-7-15-14(10-12)13(11-19-15)8-9-17-16(18)4-2/h6-7,10-11H,3-5,8-9H2,1-2H3,(H,17,18). The van der Waals surface area contributed by atoms with Crippen LogP contribution >= 0.6 is 11.3 Å². The summed E-state index contributed by atoms with van der Waals surface area (Å²) in [6, 6.07) is 6.76. The second-order valence-corrected chi connectivity index (χ2v) is 5.71. The molecule has 0 spiro atoms. The lowest BCUT2D eigenvalue weighted by Gasteiger charge is -2.04. The van der Waals surface area contributed by atoms with E-state index in [0.717, 1.165) is 19.4 Å². The minimum Gasteiger partial charge on any atom is -0.356 e. The third kappa shape index (κ3) is 3.57. The molecule has 19 heavy (non-hydrogen) atoms. The van der Waals surface area contributed by atoms with Gasteiger partial charge in [0.25, 0.3) is 0 Å². The number of carbonyl (C=O) groups is 1. The van der Waals surface area contributed by atoms with Gasteiger partial charge in [-0.15, -0.1) is 11.3 Å². The van der Waals surface area contributed by atoms with E-state index in [-0.39, 0.29) is 5.91 Å². The SMILES string of the molecule is CCCc1ccc2scc(CCNC(=O)CC)c2c1. The molecule has 1 amide bonds. The van der Waals surface area contributed by atoms with Crippen molar-refractivity contribution >= 4 is 27.3 Å². The van der Waals surface area contributed by atoms with Crippen molar-refractivity contribution in [1.29, 1.82) is 0 Å². The molecular formula is C16H21NOS. The van der Waals surface area contributed by atoms with Crippen molar-refractivity contribution < 1.29 is 4.79 Å². The van der Waals surface area contributed by atoms with Crippen molar-refractivity contribution in [3.8, 4) is 0 Å². The molecular weight excluding hydrogens is 254 g/mol. The van der Waals surface area contributed by atoms with Gasteiger partial charge >= 0.3 is 0 Å². The Hall–Kier alpha value is -1.35. The lowest BCUT2D eigenvalue weighted by molar-refractivity contribution is -0.120. The maximum Gasteiger partial charge on any atom is 0.219 e. The smallest absolute Gasteiger partial charge is 0.219 e. The zero-order chi connectivity index (χ0) is 13.7. The van der Waals surface area contributed by atoms with Crippen LogP contribution in [0, 0.1) is 0 Å². The molecule has 0 aliphatic rings. The van der Waals surface area contributed by atoms with Crippen LogP contribution < -0.4 is 5.32 Å². The van der Waals surface area contributed by atoms with Crippen molar-refractivity contribution in [2.24, 2.45) is 0 Å². The molecule has 2 aromatic rings. The molecule has 102 valence electrons. The Balaban J connectivity index is 2.09. The van der Waals surface area contributed by atoms with E-state index in [2.05, 4.69) is 35.8 Å². The minimum atomic E-state index is 0.131. The number of rotatable bonds is 6. The fourth-order valence-electron chi connectivity index (χ4n) is 2.23. The fourth-order valence-corrected chi connectivity index (χ4v) is 3.21. The molecule has 0 aliphatic heterocycles. The van der Waals surface area contributed by atoms with E-state index in [1.54, 1.807) is 11.3 Å². The highest BCUT2D eigenvalue weighted by Gasteiger charge is 2.05. The number of amides is 1. The lowest BCUT2D eigenvalue weighted by Crippen LogP contribution is -2.24. The van der Waals surface area contributed by atoms with Gasteiger partial charge in [-0.05, 0) is 40.8 Å². The van der Waals surface area contributed by atoms with E-state index < -0.39 is 0 Å². The van der Waals surface area contributed by atoms with Crippen LogP contribution in [0.1, 0.15) is 37.8 Å². The number of thiophene rings is 1. The van der Waals surface area contributed by atoms with Gasteiger partial charge in [-0.25, -0.2) is 0 Å². The summed E-state index contributed by atoms with van der Waals surface area (Å²) < 4.78 is 1.34. The maximum absolute atomic E-state index is 11.2. The number of hydrogen-bond donors (Lipinski definition) is 1. The van der Waals surface area contributed by atoms with E-state index in [1.165, 1.54) is 27.6 Å². The Morgan fingerprint density at radius 3 is 2.84 bits per heavy atom. The molecule has 2 nitrogen and oxygen atoms in total. The van der Waals surface area contributed by atoms with Gasteiger partial charge in [-0.1, -0.05) is 32.4 Å². The largest absolute Gasteiger partial charge is 0.356 e. The van der Waals surface area contributed by atoms with Crippen LogP contribution in [-0.4, -0.2) is 12.5 Å². The van der Waals surface area contributed by atoms with Crippen molar-refractivity contribution in [3.63, 3.8) is 0 Å². The van der Waals surface area contributed by atoms with Gasteiger partial charge in [-0.2, -0.15) is 0 Å². The first kappa shape index (κ1) is 14.1. The molecule has 3 heteroatoms. The molecule has 1 heterocycles. The predicted molar refractivity (Wildman–Crippen MR) is 82.8 cm³/mol. The third-order valence-electron chi connectivity index (χ3n) is 3.29. The monoisotopic (exact) mass is 275 g/mol. The van der Waals surface area contributed by atoms with Gasteiger partial charge in [0.05, 0.1) is 0 Å². The Kier molecular flexibility index (Phi) is 4.97. The summed E-state index contributed by atoms with van der Waals surface area (Å²) in [5, 5.41) is 6.52. The van der Waals surface area contributed by atoms with Crippen molar-refractivity contribution in [1.82, 2.24) is 5.32 Å². The summed E-state index contributed by atoms with van der Waals surface area (Å²) in [5.74, 6) is 0.131. The summed E-state index contributed by atoms with van der Waals surface area (Å²) in [5.41, 5.74) is 2.77. The summed E-state index contributed by atoms with van der Waals surface area (Å²) in [6.45, 7) is 4.82. The number of benzene rings is 1. The number of carbonyl (C=O) groups excluding carboxylic acids is 1. The van der Waals surface area contributed by atoms with E-state index in [9.17, 15) is 4.79 Å². The van der Waals surface area contributed by atoms with E-state index in [4.69, 9.17) is 0 Å². The molecule has 1 aromatic carbocycles. The van der Waals surface area contributed by atoms with Crippen LogP contribution in [0.3, 0.4) is 0 Å².